The predicted molar refractivity (Wildman–Crippen MR) is 54.7 cm³/mol. The molecule has 0 bridgehead atoms. The average Bonchev–Trinajstić information content (AvgIpc) is 2.25. The van der Waals surface area contributed by atoms with E-state index in [4.69, 9.17) is 0 Å². The molecule has 1 rings (SSSR count). The van der Waals surface area contributed by atoms with Crippen LogP contribution in [0.25, 0.3) is 0 Å². The Kier molecular flexibility index (Phi) is 3.12. The van der Waals surface area contributed by atoms with Gasteiger partial charge in [-0.05, 0) is 32.7 Å². The van der Waals surface area contributed by atoms with Crippen molar-refractivity contribution in [2.75, 3.05) is 13.1 Å². The van der Waals surface area contributed by atoms with Crippen molar-refractivity contribution in [3.05, 3.63) is 0 Å². The highest BCUT2D eigenvalue weighted by Gasteiger charge is 2.39. The van der Waals surface area contributed by atoms with Gasteiger partial charge in [0.15, 0.2) is 5.78 Å². The molecule has 0 unspecified atom stereocenters. The molecule has 0 saturated carbocycles. The number of likely N-dealkylation sites (tertiary alicyclic amines) is 1. The molecule has 1 heterocycles. The van der Waals surface area contributed by atoms with Crippen molar-refractivity contribution in [2.45, 2.75) is 46.1 Å². The topological polar surface area (TPSA) is 20.3 Å². The van der Waals surface area contributed by atoms with Crippen molar-refractivity contribution in [3.63, 3.8) is 0 Å². The summed E-state index contributed by atoms with van der Waals surface area (Å²) in [4.78, 5) is 13.8. The number of ketones is 1. The van der Waals surface area contributed by atoms with E-state index in [0.717, 1.165) is 25.4 Å². The van der Waals surface area contributed by atoms with Crippen LogP contribution < -0.4 is 0 Å². The molecule has 1 fully saturated rings. The van der Waals surface area contributed by atoms with Gasteiger partial charge in [0.2, 0.25) is 0 Å². The second kappa shape index (κ2) is 3.79. The highest BCUT2D eigenvalue weighted by Crippen LogP contribution is 2.25. The molecule has 0 radical (unpaired) electrons. The van der Waals surface area contributed by atoms with E-state index in [2.05, 4.69) is 18.7 Å². The molecule has 76 valence electrons. The molecule has 2 nitrogen and oxygen atoms in total. The maximum atomic E-state index is 11.5. The third-order valence-corrected chi connectivity index (χ3v) is 3.06. The smallest absolute Gasteiger partial charge is 0.153 e. The Morgan fingerprint density at radius 2 is 2.08 bits per heavy atom. The number of rotatable bonds is 3. The van der Waals surface area contributed by atoms with E-state index in [-0.39, 0.29) is 5.54 Å². The van der Waals surface area contributed by atoms with Gasteiger partial charge in [-0.3, -0.25) is 9.69 Å². The Balaban J connectivity index is 2.48. The summed E-state index contributed by atoms with van der Waals surface area (Å²) in [7, 11) is 0. The van der Waals surface area contributed by atoms with Crippen molar-refractivity contribution in [1.82, 2.24) is 4.90 Å². The predicted octanol–water partition coefficient (Wildman–Crippen LogP) is 2.09. The monoisotopic (exact) mass is 183 g/mol. The Morgan fingerprint density at radius 1 is 1.46 bits per heavy atom. The van der Waals surface area contributed by atoms with Crippen molar-refractivity contribution in [2.24, 2.45) is 5.92 Å². The van der Waals surface area contributed by atoms with Gasteiger partial charge >= 0.3 is 0 Å². The van der Waals surface area contributed by atoms with Gasteiger partial charge in [0.1, 0.15) is 0 Å². The van der Waals surface area contributed by atoms with Gasteiger partial charge in [-0.2, -0.15) is 0 Å². The minimum Gasteiger partial charge on any atom is -0.298 e. The molecule has 0 N–H and O–H groups in total. The van der Waals surface area contributed by atoms with Crippen molar-refractivity contribution in [3.8, 4) is 0 Å². The Morgan fingerprint density at radius 3 is 2.46 bits per heavy atom. The highest BCUT2D eigenvalue weighted by molar-refractivity contribution is 5.89. The zero-order valence-electron chi connectivity index (χ0n) is 9.26. The summed E-state index contributed by atoms with van der Waals surface area (Å²) in [5.41, 5.74) is -0.200. The molecule has 2 heteroatoms. The summed E-state index contributed by atoms with van der Waals surface area (Å²) in [5, 5.41) is 0. The SMILES string of the molecule is CC(C)CCN1CCC(=O)C1(C)C. The van der Waals surface area contributed by atoms with Crippen LogP contribution in [0.4, 0.5) is 0 Å². The van der Waals surface area contributed by atoms with E-state index in [1.807, 2.05) is 13.8 Å². The third kappa shape index (κ3) is 2.31. The molecule has 0 aromatic heterocycles. The van der Waals surface area contributed by atoms with E-state index in [1.165, 1.54) is 6.42 Å². The van der Waals surface area contributed by atoms with Gasteiger partial charge in [-0.1, -0.05) is 13.8 Å². The summed E-state index contributed by atoms with van der Waals surface area (Å²) >= 11 is 0. The summed E-state index contributed by atoms with van der Waals surface area (Å²) < 4.78 is 0. The molecule has 0 aromatic rings. The Bertz CT molecular complexity index is 196. The minimum absolute atomic E-state index is 0.200. The van der Waals surface area contributed by atoms with Crippen LogP contribution in [0.15, 0.2) is 0 Å². The number of Topliss-reactive ketones (excluding diaryl/α,β-unsaturated/α-hetero) is 1. The lowest BCUT2D eigenvalue weighted by molar-refractivity contribution is -0.123. The second-order valence-electron chi connectivity index (χ2n) is 4.90. The van der Waals surface area contributed by atoms with Gasteiger partial charge in [0, 0.05) is 13.0 Å². The van der Waals surface area contributed by atoms with Crippen LogP contribution in [-0.2, 0) is 4.79 Å². The minimum atomic E-state index is -0.200. The fraction of sp³-hybridized carbons (Fsp3) is 0.909. The molecule has 1 aliphatic rings. The van der Waals surface area contributed by atoms with E-state index < -0.39 is 0 Å². The van der Waals surface area contributed by atoms with Crippen molar-refractivity contribution in [1.29, 1.82) is 0 Å². The molecule has 0 amide bonds. The van der Waals surface area contributed by atoms with E-state index in [1.54, 1.807) is 0 Å². The second-order valence-corrected chi connectivity index (χ2v) is 4.90. The van der Waals surface area contributed by atoms with Gasteiger partial charge in [0.05, 0.1) is 5.54 Å². The molecular weight excluding hydrogens is 162 g/mol. The first kappa shape index (κ1) is 10.7. The molecule has 13 heavy (non-hydrogen) atoms. The summed E-state index contributed by atoms with van der Waals surface area (Å²) in [6.07, 6.45) is 1.93. The van der Waals surface area contributed by atoms with Crippen LogP contribution in [-0.4, -0.2) is 29.3 Å². The van der Waals surface area contributed by atoms with Crippen LogP contribution in [0.1, 0.15) is 40.5 Å². The van der Waals surface area contributed by atoms with Crippen LogP contribution in [0.5, 0.6) is 0 Å². The van der Waals surface area contributed by atoms with E-state index in [0.29, 0.717) is 5.78 Å². The zero-order valence-corrected chi connectivity index (χ0v) is 9.26. The quantitative estimate of drug-likeness (QED) is 0.667. The number of nitrogens with zero attached hydrogens (tertiary/aromatic N) is 1. The molecule has 0 aliphatic carbocycles. The van der Waals surface area contributed by atoms with Crippen LogP contribution >= 0.6 is 0 Å². The van der Waals surface area contributed by atoms with Gasteiger partial charge in [0.25, 0.3) is 0 Å². The number of hydrogen-bond donors (Lipinski definition) is 0. The van der Waals surface area contributed by atoms with Gasteiger partial charge in [-0.15, -0.1) is 0 Å². The molecule has 0 atom stereocenters. The number of carbonyl (C=O) groups is 1. The maximum Gasteiger partial charge on any atom is 0.153 e. The lowest BCUT2D eigenvalue weighted by atomic mass is 10.00. The number of hydrogen-bond acceptors (Lipinski definition) is 2. The third-order valence-electron chi connectivity index (χ3n) is 3.06. The van der Waals surface area contributed by atoms with Crippen molar-refractivity contribution >= 4 is 5.78 Å². The normalized spacial score (nSPS) is 23.0. The van der Waals surface area contributed by atoms with E-state index in [9.17, 15) is 4.79 Å². The fourth-order valence-electron chi connectivity index (χ4n) is 1.80. The molecule has 0 spiro atoms. The summed E-state index contributed by atoms with van der Waals surface area (Å²) in [6, 6.07) is 0. The fourth-order valence-corrected chi connectivity index (χ4v) is 1.80. The lowest BCUT2D eigenvalue weighted by Crippen LogP contribution is -2.43. The van der Waals surface area contributed by atoms with Crippen LogP contribution in [0, 0.1) is 5.92 Å². The zero-order chi connectivity index (χ0) is 10.1. The summed E-state index contributed by atoms with van der Waals surface area (Å²) in [5.74, 6) is 1.13. The largest absolute Gasteiger partial charge is 0.298 e. The summed E-state index contributed by atoms with van der Waals surface area (Å²) in [6.45, 7) is 10.6. The first-order chi connectivity index (χ1) is 5.94. The maximum absolute atomic E-state index is 11.5. The molecule has 1 saturated heterocycles. The highest BCUT2D eigenvalue weighted by atomic mass is 16.1. The van der Waals surface area contributed by atoms with Crippen molar-refractivity contribution < 1.29 is 4.79 Å². The Labute approximate surface area is 81.3 Å². The molecule has 0 aromatic carbocycles. The van der Waals surface area contributed by atoms with Gasteiger partial charge < -0.3 is 0 Å². The standard InChI is InChI=1S/C11H21NO/c1-9(2)5-7-12-8-6-10(13)11(12,3)4/h9H,5-8H2,1-4H3. The van der Waals surface area contributed by atoms with E-state index >= 15 is 0 Å². The van der Waals surface area contributed by atoms with Crippen LogP contribution in [0.2, 0.25) is 0 Å². The Hall–Kier alpha value is -0.370. The average molecular weight is 183 g/mol. The lowest BCUT2D eigenvalue weighted by Gasteiger charge is -2.30. The first-order valence-electron chi connectivity index (χ1n) is 5.23. The molecular formula is C11H21NO. The van der Waals surface area contributed by atoms with Gasteiger partial charge in [-0.25, -0.2) is 0 Å². The number of carbonyl (C=O) groups excluding carboxylic acids is 1. The molecule has 1 aliphatic heterocycles. The first-order valence-corrected chi connectivity index (χ1v) is 5.23. The van der Waals surface area contributed by atoms with Crippen LogP contribution in [0.3, 0.4) is 0 Å².